The molecule has 4 rings (SSSR count). The molecule has 1 unspecified atom stereocenters. The molecule has 7 heteroatoms. The number of rotatable bonds is 4. The normalized spacial score (nSPS) is 15.6. The lowest BCUT2D eigenvalue weighted by atomic mass is 10.1. The molecule has 142 valence electrons. The Hall–Kier alpha value is -3.74. The quantitative estimate of drug-likeness (QED) is 0.727. The third-order valence-corrected chi connectivity index (χ3v) is 4.52. The molecule has 1 atom stereocenters. The minimum Gasteiger partial charge on any atom is -0.497 e. The van der Waals surface area contributed by atoms with Crippen LogP contribution in [0.25, 0.3) is 5.82 Å². The zero-order valence-electron chi connectivity index (χ0n) is 15.5. The second-order valence-corrected chi connectivity index (χ2v) is 6.40. The number of ether oxygens (including phenoxy) is 1. The van der Waals surface area contributed by atoms with Crippen LogP contribution in [0.5, 0.6) is 5.75 Å². The van der Waals surface area contributed by atoms with Crippen LogP contribution in [-0.4, -0.2) is 13.0 Å². The van der Waals surface area contributed by atoms with E-state index in [1.165, 1.54) is 6.92 Å². The first-order valence-corrected chi connectivity index (χ1v) is 8.79. The van der Waals surface area contributed by atoms with Gasteiger partial charge in [-0.1, -0.05) is 18.2 Å². The molecule has 0 saturated carbocycles. The van der Waals surface area contributed by atoms with Crippen LogP contribution >= 0.6 is 0 Å². The van der Waals surface area contributed by atoms with Gasteiger partial charge < -0.3 is 25.1 Å². The molecule has 28 heavy (non-hydrogen) atoms. The summed E-state index contributed by atoms with van der Waals surface area (Å²) >= 11 is 0. The molecular formula is C21H20N4O3. The van der Waals surface area contributed by atoms with E-state index in [-0.39, 0.29) is 5.91 Å². The minimum absolute atomic E-state index is 0.138. The number of benzene rings is 2. The van der Waals surface area contributed by atoms with Crippen LogP contribution in [0.15, 0.2) is 70.3 Å². The van der Waals surface area contributed by atoms with Crippen LogP contribution in [0, 0.1) is 0 Å². The number of anilines is 2. The number of amides is 1. The van der Waals surface area contributed by atoms with Gasteiger partial charge in [0, 0.05) is 18.3 Å². The number of nitrogens with zero attached hydrogens (tertiary/aromatic N) is 2. The third-order valence-electron chi connectivity index (χ3n) is 4.52. The Bertz CT molecular complexity index is 1130. The summed E-state index contributed by atoms with van der Waals surface area (Å²) in [5, 5.41) is 3.53. The van der Waals surface area contributed by atoms with E-state index in [2.05, 4.69) is 5.32 Å². The highest BCUT2D eigenvalue weighted by atomic mass is 16.5. The number of methoxy groups -OCH3 is 1. The van der Waals surface area contributed by atoms with Crippen LogP contribution in [0.1, 0.15) is 18.7 Å². The number of fused-ring (bicyclic) bond motifs is 1. The number of hydrogen-bond acceptors (Lipinski definition) is 6. The molecule has 2 heterocycles. The van der Waals surface area contributed by atoms with E-state index < -0.39 is 6.17 Å². The first kappa shape index (κ1) is 17.7. The number of carbonyl (C=O) groups excluding carboxylic acids is 1. The van der Waals surface area contributed by atoms with Crippen LogP contribution in [0.4, 0.5) is 11.4 Å². The highest BCUT2D eigenvalue weighted by molar-refractivity contribution is 5.89. The average molecular weight is 376 g/mol. The number of carbonyl (C=O) groups is 1. The molecule has 0 fully saturated rings. The summed E-state index contributed by atoms with van der Waals surface area (Å²) < 4.78 is 10.8. The number of furan rings is 1. The van der Waals surface area contributed by atoms with E-state index in [0.29, 0.717) is 17.1 Å². The van der Waals surface area contributed by atoms with Gasteiger partial charge in [0.1, 0.15) is 11.6 Å². The van der Waals surface area contributed by atoms with E-state index in [0.717, 1.165) is 22.2 Å². The monoisotopic (exact) mass is 376 g/mol. The van der Waals surface area contributed by atoms with Gasteiger partial charge in [-0.3, -0.25) is 4.79 Å². The van der Waals surface area contributed by atoms with E-state index in [1.54, 1.807) is 19.4 Å². The maximum absolute atomic E-state index is 11.4. The van der Waals surface area contributed by atoms with Crippen LogP contribution in [-0.2, 0) is 4.79 Å². The summed E-state index contributed by atoms with van der Waals surface area (Å²) in [6.45, 7) is 1.47. The first-order chi connectivity index (χ1) is 13.6. The van der Waals surface area contributed by atoms with Gasteiger partial charge in [-0.05, 0) is 42.0 Å². The Morgan fingerprint density at radius 3 is 2.71 bits per heavy atom. The molecule has 1 aliphatic heterocycles. The van der Waals surface area contributed by atoms with Crippen molar-refractivity contribution in [2.45, 2.75) is 13.1 Å². The molecule has 2 aromatic carbocycles. The molecular weight excluding hydrogens is 356 g/mol. The molecule has 0 aliphatic carbocycles. The molecule has 1 amide bonds. The van der Waals surface area contributed by atoms with Crippen molar-refractivity contribution in [1.82, 2.24) is 0 Å². The van der Waals surface area contributed by atoms with Crippen molar-refractivity contribution in [3.63, 3.8) is 0 Å². The summed E-state index contributed by atoms with van der Waals surface area (Å²) in [5.41, 5.74) is 9.42. The summed E-state index contributed by atoms with van der Waals surface area (Å²) in [5.74, 6) is 1.15. The molecule has 0 saturated heterocycles. The molecule has 1 aromatic heterocycles. The number of hydrogen-bond donors (Lipinski definition) is 2. The molecule has 3 N–H and O–H groups in total. The van der Waals surface area contributed by atoms with Gasteiger partial charge in [-0.25, -0.2) is 4.99 Å². The Kier molecular flexibility index (Phi) is 4.49. The highest BCUT2D eigenvalue weighted by Gasteiger charge is 2.27. The van der Waals surface area contributed by atoms with Crippen molar-refractivity contribution in [1.29, 1.82) is 0 Å². The first-order valence-electron chi connectivity index (χ1n) is 8.79. The number of nitrogens with one attached hydrogen (secondary N) is 1. The van der Waals surface area contributed by atoms with Gasteiger partial charge in [0.15, 0.2) is 6.17 Å². The second-order valence-electron chi connectivity index (χ2n) is 6.40. The van der Waals surface area contributed by atoms with Gasteiger partial charge >= 0.3 is 0 Å². The van der Waals surface area contributed by atoms with Crippen molar-refractivity contribution in [3.05, 3.63) is 77.2 Å². The Labute approximate surface area is 161 Å². The lowest BCUT2D eigenvalue weighted by Crippen LogP contribution is -2.43. The zero-order chi connectivity index (χ0) is 19.7. The van der Waals surface area contributed by atoms with Crippen molar-refractivity contribution >= 4 is 23.1 Å². The standard InChI is InChI=1S/C21H20N4O3/c1-13(26)23-15-4-3-5-16(12-15)25-19(22)18-10-11-28-21(18)24-20(25)14-6-8-17(27-2)9-7-14/h3-12,20H,22H2,1-2H3,(H,23,26). The van der Waals surface area contributed by atoms with Gasteiger partial charge in [0.2, 0.25) is 11.5 Å². The summed E-state index contributed by atoms with van der Waals surface area (Å²) in [4.78, 5) is 18.1. The zero-order valence-corrected chi connectivity index (χ0v) is 15.5. The van der Waals surface area contributed by atoms with Gasteiger partial charge in [0.25, 0.3) is 0 Å². The van der Waals surface area contributed by atoms with Gasteiger partial charge in [0.05, 0.1) is 18.6 Å². The Morgan fingerprint density at radius 1 is 1.21 bits per heavy atom. The molecule has 0 radical (unpaired) electrons. The average Bonchev–Trinajstić information content (AvgIpc) is 3.17. The molecule has 3 aromatic rings. The summed E-state index contributed by atoms with van der Waals surface area (Å²) in [7, 11) is 1.63. The highest BCUT2D eigenvalue weighted by Crippen LogP contribution is 2.33. The maximum Gasteiger partial charge on any atom is 0.227 e. The van der Waals surface area contributed by atoms with Crippen LogP contribution in [0.3, 0.4) is 0 Å². The number of nitrogens with two attached hydrogens (primary N) is 1. The van der Waals surface area contributed by atoms with E-state index in [9.17, 15) is 4.79 Å². The molecule has 7 nitrogen and oxygen atoms in total. The lowest BCUT2D eigenvalue weighted by Gasteiger charge is -2.33. The van der Waals surface area contributed by atoms with E-state index in [1.807, 2.05) is 53.4 Å². The van der Waals surface area contributed by atoms with Crippen molar-refractivity contribution in [2.75, 3.05) is 17.3 Å². The molecule has 1 aliphatic rings. The summed E-state index contributed by atoms with van der Waals surface area (Å²) in [6.07, 6.45) is 1.15. The maximum atomic E-state index is 11.4. The van der Waals surface area contributed by atoms with Crippen molar-refractivity contribution in [2.24, 2.45) is 10.7 Å². The lowest BCUT2D eigenvalue weighted by molar-refractivity contribution is -0.114. The smallest absolute Gasteiger partial charge is 0.227 e. The van der Waals surface area contributed by atoms with Crippen molar-refractivity contribution < 1.29 is 13.9 Å². The fourth-order valence-electron chi connectivity index (χ4n) is 3.24. The van der Waals surface area contributed by atoms with Crippen molar-refractivity contribution in [3.8, 4) is 5.75 Å². The summed E-state index contributed by atoms with van der Waals surface area (Å²) in [6, 6.07) is 16.9. The predicted molar refractivity (Wildman–Crippen MR) is 106 cm³/mol. The second kappa shape index (κ2) is 7.11. The van der Waals surface area contributed by atoms with Crippen LogP contribution in [0.2, 0.25) is 0 Å². The fourth-order valence-corrected chi connectivity index (χ4v) is 3.24. The van der Waals surface area contributed by atoms with E-state index >= 15 is 0 Å². The Balaban J connectivity index is 1.85. The van der Waals surface area contributed by atoms with E-state index in [4.69, 9.17) is 19.9 Å². The third kappa shape index (κ3) is 3.18. The molecule has 0 spiro atoms. The van der Waals surface area contributed by atoms with Gasteiger partial charge in [-0.15, -0.1) is 0 Å². The predicted octanol–water partition coefficient (Wildman–Crippen LogP) is 2.11. The van der Waals surface area contributed by atoms with Crippen LogP contribution < -0.4 is 31.5 Å². The topological polar surface area (TPSA) is 93.1 Å². The Morgan fingerprint density at radius 2 is 2.00 bits per heavy atom. The van der Waals surface area contributed by atoms with Gasteiger partial charge in [-0.2, -0.15) is 0 Å². The SMILES string of the molecule is COc1ccc(C2N=c3occc3=C(N)N2c2cccc(NC(C)=O)c2)cc1. The molecule has 0 bridgehead atoms. The minimum atomic E-state index is -0.419. The largest absolute Gasteiger partial charge is 0.497 e. The fraction of sp³-hybridized carbons (Fsp3) is 0.143.